The molecule has 15 heavy (non-hydrogen) atoms. The van der Waals surface area contributed by atoms with E-state index in [-0.39, 0.29) is 6.61 Å². The second kappa shape index (κ2) is 4.04. The highest BCUT2D eigenvalue weighted by molar-refractivity contribution is 6.31. The lowest BCUT2D eigenvalue weighted by Crippen LogP contribution is -1.95. The maximum absolute atomic E-state index is 8.98. The Hall–Kier alpha value is -1.32. The van der Waals surface area contributed by atoms with Gasteiger partial charge in [0.2, 0.25) is 0 Å². The third-order valence-electron chi connectivity index (χ3n) is 2.18. The van der Waals surface area contributed by atoms with Gasteiger partial charge in [-0.1, -0.05) is 17.7 Å². The van der Waals surface area contributed by atoms with E-state index >= 15 is 0 Å². The first kappa shape index (κ1) is 10.2. The van der Waals surface area contributed by atoms with E-state index in [9.17, 15) is 0 Å². The average Bonchev–Trinajstić information content (AvgIpc) is 2.65. The van der Waals surface area contributed by atoms with Crippen molar-refractivity contribution in [3.63, 3.8) is 0 Å². The van der Waals surface area contributed by atoms with Crippen molar-refractivity contribution in [3.8, 4) is 5.69 Å². The molecular formula is C11H11ClN2O. The number of rotatable bonds is 2. The fraction of sp³-hybridized carbons (Fsp3) is 0.182. The minimum Gasteiger partial charge on any atom is -0.392 e. The Morgan fingerprint density at radius 3 is 2.80 bits per heavy atom. The SMILES string of the molecule is Cc1cnn(-c2ccc(CO)c(Cl)c2)c1. The lowest BCUT2D eigenvalue weighted by atomic mass is 10.2. The number of hydrogen-bond acceptors (Lipinski definition) is 2. The molecule has 2 aromatic rings. The molecule has 4 heteroatoms. The number of benzene rings is 1. The van der Waals surface area contributed by atoms with Gasteiger partial charge in [0.05, 0.1) is 18.5 Å². The Morgan fingerprint density at radius 1 is 1.47 bits per heavy atom. The molecule has 3 nitrogen and oxygen atoms in total. The number of halogens is 1. The van der Waals surface area contributed by atoms with Crippen LogP contribution in [0.25, 0.3) is 5.69 Å². The van der Waals surface area contributed by atoms with Crippen molar-refractivity contribution < 1.29 is 5.11 Å². The van der Waals surface area contributed by atoms with E-state index in [1.54, 1.807) is 23.0 Å². The highest BCUT2D eigenvalue weighted by atomic mass is 35.5. The van der Waals surface area contributed by atoms with Crippen molar-refractivity contribution in [2.24, 2.45) is 0 Å². The van der Waals surface area contributed by atoms with Crippen molar-refractivity contribution in [3.05, 3.63) is 46.7 Å². The molecule has 0 atom stereocenters. The predicted molar refractivity (Wildman–Crippen MR) is 59.2 cm³/mol. The number of aryl methyl sites for hydroxylation is 1. The topological polar surface area (TPSA) is 38.0 Å². The Morgan fingerprint density at radius 2 is 2.27 bits per heavy atom. The fourth-order valence-electron chi connectivity index (χ4n) is 1.36. The Labute approximate surface area is 92.9 Å². The summed E-state index contributed by atoms with van der Waals surface area (Å²) in [5.41, 5.74) is 2.71. The van der Waals surface area contributed by atoms with Gasteiger partial charge < -0.3 is 5.11 Å². The smallest absolute Gasteiger partial charge is 0.0696 e. The van der Waals surface area contributed by atoms with E-state index in [1.165, 1.54) is 0 Å². The zero-order chi connectivity index (χ0) is 10.8. The molecule has 0 fully saturated rings. The standard InChI is InChI=1S/C11H11ClN2O/c1-8-5-13-14(6-8)10-3-2-9(7-15)11(12)4-10/h2-6,15H,7H2,1H3. The molecule has 1 heterocycles. The summed E-state index contributed by atoms with van der Waals surface area (Å²) in [5.74, 6) is 0. The zero-order valence-corrected chi connectivity index (χ0v) is 9.07. The van der Waals surface area contributed by atoms with Gasteiger partial charge in [-0.3, -0.25) is 0 Å². The molecule has 0 radical (unpaired) electrons. The maximum Gasteiger partial charge on any atom is 0.0696 e. The van der Waals surface area contributed by atoms with Crippen LogP contribution < -0.4 is 0 Å². The van der Waals surface area contributed by atoms with Gasteiger partial charge in [0.1, 0.15) is 0 Å². The fourth-order valence-corrected chi connectivity index (χ4v) is 1.60. The van der Waals surface area contributed by atoms with Crippen LogP contribution in [0.15, 0.2) is 30.6 Å². The van der Waals surface area contributed by atoms with E-state index in [2.05, 4.69) is 5.10 Å². The first-order valence-corrected chi connectivity index (χ1v) is 4.99. The summed E-state index contributed by atoms with van der Waals surface area (Å²) in [6, 6.07) is 5.47. The number of aliphatic hydroxyl groups is 1. The number of aliphatic hydroxyl groups excluding tert-OH is 1. The molecule has 78 valence electrons. The maximum atomic E-state index is 8.98. The second-order valence-corrected chi connectivity index (χ2v) is 3.80. The van der Waals surface area contributed by atoms with Crippen LogP contribution in [0, 0.1) is 6.92 Å². The van der Waals surface area contributed by atoms with Gasteiger partial charge in [-0.05, 0) is 30.2 Å². The average molecular weight is 223 g/mol. The molecule has 0 unspecified atom stereocenters. The molecule has 1 aromatic carbocycles. The van der Waals surface area contributed by atoms with Gasteiger partial charge in [0.25, 0.3) is 0 Å². The first-order valence-electron chi connectivity index (χ1n) is 4.61. The Kier molecular flexibility index (Phi) is 2.75. The molecule has 0 saturated heterocycles. The van der Waals surface area contributed by atoms with Crippen LogP contribution in [-0.2, 0) is 6.61 Å². The molecule has 0 aliphatic heterocycles. The number of hydrogen-bond donors (Lipinski definition) is 1. The van der Waals surface area contributed by atoms with Crippen molar-refractivity contribution in [1.29, 1.82) is 0 Å². The molecule has 1 N–H and O–H groups in total. The molecule has 0 bridgehead atoms. The summed E-state index contributed by atoms with van der Waals surface area (Å²) in [6.07, 6.45) is 3.71. The monoisotopic (exact) mass is 222 g/mol. The summed E-state index contributed by atoms with van der Waals surface area (Å²) in [4.78, 5) is 0. The molecule has 0 aliphatic carbocycles. The van der Waals surface area contributed by atoms with Gasteiger partial charge in [0, 0.05) is 11.2 Å². The highest BCUT2D eigenvalue weighted by Crippen LogP contribution is 2.20. The minimum atomic E-state index is -0.0444. The summed E-state index contributed by atoms with van der Waals surface area (Å²) in [7, 11) is 0. The molecular weight excluding hydrogens is 212 g/mol. The third kappa shape index (κ3) is 2.03. The second-order valence-electron chi connectivity index (χ2n) is 3.40. The molecule has 0 saturated carbocycles. The highest BCUT2D eigenvalue weighted by Gasteiger charge is 2.03. The predicted octanol–water partition coefficient (Wildman–Crippen LogP) is 2.33. The van der Waals surface area contributed by atoms with E-state index in [4.69, 9.17) is 16.7 Å². The van der Waals surface area contributed by atoms with Crippen molar-refractivity contribution in [1.82, 2.24) is 9.78 Å². The van der Waals surface area contributed by atoms with Gasteiger partial charge in [-0.25, -0.2) is 4.68 Å². The molecule has 1 aromatic heterocycles. The van der Waals surface area contributed by atoms with E-state index in [0.717, 1.165) is 16.8 Å². The number of aromatic nitrogens is 2. The first-order chi connectivity index (χ1) is 7.20. The van der Waals surface area contributed by atoms with Crippen LogP contribution in [0.4, 0.5) is 0 Å². The van der Waals surface area contributed by atoms with Crippen molar-refractivity contribution in [2.75, 3.05) is 0 Å². The summed E-state index contributed by atoms with van der Waals surface area (Å²) in [6.45, 7) is 1.93. The van der Waals surface area contributed by atoms with Crippen LogP contribution in [-0.4, -0.2) is 14.9 Å². The lowest BCUT2D eigenvalue weighted by Gasteiger charge is -2.04. The van der Waals surface area contributed by atoms with Crippen LogP contribution in [0.2, 0.25) is 5.02 Å². The number of nitrogens with zero attached hydrogens (tertiary/aromatic N) is 2. The van der Waals surface area contributed by atoms with Gasteiger partial charge in [-0.15, -0.1) is 0 Å². The van der Waals surface area contributed by atoms with E-state index in [0.29, 0.717) is 5.02 Å². The summed E-state index contributed by atoms with van der Waals surface area (Å²) in [5, 5.41) is 13.7. The molecule has 0 amide bonds. The van der Waals surface area contributed by atoms with Gasteiger partial charge >= 0.3 is 0 Å². The normalized spacial score (nSPS) is 10.6. The summed E-state index contributed by atoms with van der Waals surface area (Å²) >= 11 is 5.99. The van der Waals surface area contributed by atoms with Gasteiger partial charge in [0.15, 0.2) is 0 Å². The van der Waals surface area contributed by atoms with Crippen LogP contribution in [0.3, 0.4) is 0 Å². The lowest BCUT2D eigenvalue weighted by molar-refractivity contribution is 0.282. The van der Waals surface area contributed by atoms with Crippen molar-refractivity contribution >= 4 is 11.6 Å². The van der Waals surface area contributed by atoms with Gasteiger partial charge in [-0.2, -0.15) is 5.10 Å². The van der Waals surface area contributed by atoms with Crippen LogP contribution in [0.5, 0.6) is 0 Å². The van der Waals surface area contributed by atoms with Crippen molar-refractivity contribution in [2.45, 2.75) is 13.5 Å². The Balaban J connectivity index is 2.42. The molecule has 0 spiro atoms. The quantitative estimate of drug-likeness (QED) is 0.847. The molecule has 2 rings (SSSR count). The molecule has 0 aliphatic rings. The zero-order valence-electron chi connectivity index (χ0n) is 8.31. The van der Waals surface area contributed by atoms with Crippen LogP contribution in [0.1, 0.15) is 11.1 Å². The van der Waals surface area contributed by atoms with Crippen LogP contribution >= 0.6 is 11.6 Å². The van der Waals surface area contributed by atoms with E-state index in [1.807, 2.05) is 19.2 Å². The minimum absolute atomic E-state index is 0.0444. The Bertz CT molecular complexity index is 479. The summed E-state index contributed by atoms with van der Waals surface area (Å²) < 4.78 is 1.75. The van der Waals surface area contributed by atoms with E-state index < -0.39 is 0 Å². The largest absolute Gasteiger partial charge is 0.392 e. The third-order valence-corrected chi connectivity index (χ3v) is 2.54.